The zero-order valence-electron chi connectivity index (χ0n) is 20.1. The lowest BCUT2D eigenvalue weighted by Gasteiger charge is -2.55. The molecule has 38 heavy (non-hydrogen) atoms. The summed E-state index contributed by atoms with van der Waals surface area (Å²) in [4.78, 5) is 18.3. The smallest absolute Gasteiger partial charge is 0.338 e. The number of anilines is 1. The number of carbonyl (C=O) groups is 1. The molecule has 4 aliphatic rings. The Morgan fingerprint density at radius 2 is 1.92 bits per heavy atom. The second-order valence-corrected chi connectivity index (χ2v) is 12.2. The number of aromatic nitrogens is 2. The number of carboxylic acid groups (broad SMARTS) is 1. The van der Waals surface area contributed by atoms with Crippen LogP contribution in [0.3, 0.4) is 0 Å². The molecule has 2 aromatic carbocycles. The maximum Gasteiger partial charge on any atom is 0.338 e. The van der Waals surface area contributed by atoms with Gasteiger partial charge in [0.25, 0.3) is 0 Å². The average molecular weight is 573 g/mol. The molecule has 4 heterocycles. The summed E-state index contributed by atoms with van der Waals surface area (Å²) in [6, 6.07) is 9.03. The number of hydrogen-bond donors (Lipinski definition) is 2. The molecule has 0 radical (unpaired) electrons. The Morgan fingerprint density at radius 1 is 1.18 bits per heavy atom. The molecule has 2 aliphatic heterocycles. The van der Waals surface area contributed by atoms with Gasteiger partial charge in [0.2, 0.25) is 0 Å². The molecule has 2 bridgehead atoms. The van der Waals surface area contributed by atoms with E-state index in [4.69, 9.17) is 27.7 Å². The van der Waals surface area contributed by atoms with Gasteiger partial charge in [0.05, 0.1) is 25.8 Å². The van der Waals surface area contributed by atoms with Gasteiger partial charge in [-0.25, -0.2) is 14.2 Å². The van der Waals surface area contributed by atoms with Gasteiger partial charge < -0.3 is 19.8 Å². The van der Waals surface area contributed by atoms with E-state index < -0.39 is 11.8 Å². The average Bonchev–Trinajstić information content (AvgIpc) is 3.52. The highest BCUT2D eigenvalue weighted by molar-refractivity contribution is 7.22. The lowest BCUT2D eigenvalue weighted by atomic mass is 9.77. The summed E-state index contributed by atoms with van der Waals surface area (Å²) in [5.41, 5.74) is 2.62. The van der Waals surface area contributed by atoms with E-state index >= 15 is 0 Å². The van der Waals surface area contributed by atoms with E-state index in [9.17, 15) is 14.3 Å². The van der Waals surface area contributed by atoms with Crippen LogP contribution >= 0.6 is 34.5 Å². The van der Waals surface area contributed by atoms with Crippen molar-refractivity contribution in [2.45, 2.75) is 62.7 Å². The summed E-state index contributed by atoms with van der Waals surface area (Å²) in [5, 5.41) is 19.3. The van der Waals surface area contributed by atoms with Crippen molar-refractivity contribution in [3.05, 3.63) is 63.1 Å². The predicted octanol–water partition coefficient (Wildman–Crippen LogP) is 6.87. The second-order valence-electron chi connectivity index (χ2n) is 10.3. The molecule has 2 atom stereocenters. The third-order valence-electron chi connectivity index (χ3n) is 7.90. The summed E-state index contributed by atoms with van der Waals surface area (Å²) >= 11 is 14.4. The minimum Gasteiger partial charge on any atom is -0.478 e. The molecule has 8 rings (SSSR count). The number of nitrogens with one attached hydrogen (secondary N) is 1. The fourth-order valence-corrected chi connectivity index (χ4v) is 7.60. The van der Waals surface area contributed by atoms with Crippen LogP contribution in [0, 0.1) is 5.82 Å². The zero-order valence-corrected chi connectivity index (χ0v) is 22.4. The first kappa shape index (κ1) is 24.3. The fraction of sp³-hybridized carbons (Fsp3) is 0.370. The molecule has 4 aromatic rings. The topological polar surface area (TPSA) is 91.5 Å². The molecule has 4 fully saturated rings. The van der Waals surface area contributed by atoms with Crippen LogP contribution in [-0.2, 0) is 6.54 Å². The van der Waals surface area contributed by atoms with Crippen molar-refractivity contribution in [3.63, 3.8) is 0 Å². The molecule has 7 nitrogen and oxygen atoms in total. The van der Waals surface area contributed by atoms with Crippen molar-refractivity contribution >= 4 is 55.9 Å². The van der Waals surface area contributed by atoms with Gasteiger partial charge in [0, 0.05) is 47.8 Å². The highest BCUT2D eigenvalue weighted by Crippen LogP contribution is 2.47. The summed E-state index contributed by atoms with van der Waals surface area (Å²) < 4.78 is 20.6. The highest BCUT2D eigenvalue weighted by atomic mass is 35.5. The van der Waals surface area contributed by atoms with Crippen LogP contribution in [0.5, 0.6) is 0 Å². The van der Waals surface area contributed by atoms with E-state index in [0.29, 0.717) is 62.1 Å². The van der Waals surface area contributed by atoms with E-state index in [1.807, 2.05) is 18.2 Å². The number of hydrogen-bond acceptors (Lipinski definition) is 7. The Balaban J connectivity index is 1.08. The van der Waals surface area contributed by atoms with Crippen LogP contribution < -0.4 is 10.2 Å². The van der Waals surface area contributed by atoms with E-state index in [0.717, 1.165) is 48.6 Å². The molecule has 2 saturated carbocycles. The minimum absolute atomic E-state index is 0.317. The van der Waals surface area contributed by atoms with Crippen LogP contribution in [0.1, 0.15) is 59.7 Å². The van der Waals surface area contributed by atoms with Gasteiger partial charge in [-0.2, -0.15) is 0 Å². The quantitative estimate of drug-likeness (QED) is 0.249. The Kier molecular flexibility index (Phi) is 5.88. The summed E-state index contributed by atoms with van der Waals surface area (Å²) in [6.07, 6.45) is 5.19. The molecule has 196 valence electrons. The number of fused-ring (bicyclic) bond motifs is 3. The van der Waals surface area contributed by atoms with E-state index in [1.54, 1.807) is 0 Å². The normalized spacial score (nSPS) is 22.6. The lowest BCUT2D eigenvalue weighted by Crippen LogP contribution is -2.64. The number of rotatable bonds is 7. The molecular formula is C27H23Cl2FN4O3S. The Labute approximate surface area is 231 Å². The Hall–Kier alpha value is -2.72. The van der Waals surface area contributed by atoms with Crippen molar-refractivity contribution in [3.8, 4) is 11.3 Å². The molecule has 0 spiro atoms. The van der Waals surface area contributed by atoms with Crippen LogP contribution in [0.25, 0.3) is 21.5 Å². The summed E-state index contributed by atoms with van der Waals surface area (Å²) in [7, 11) is 0. The van der Waals surface area contributed by atoms with Crippen LogP contribution in [0.4, 0.5) is 9.52 Å². The number of carboxylic acids is 1. The van der Waals surface area contributed by atoms with Crippen molar-refractivity contribution in [1.82, 2.24) is 15.5 Å². The predicted molar refractivity (Wildman–Crippen MR) is 145 cm³/mol. The number of benzene rings is 2. The maximum absolute atomic E-state index is 14.2. The molecule has 2 N–H and O–H groups in total. The molecule has 2 aromatic heterocycles. The Bertz CT molecular complexity index is 1550. The van der Waals surface area contributed by atoms with Crippen LogP contribution in [0.2, 0.25) is 10.0 Å². The minimum atomic E-state index is -1.27. The first-order valence-electron chi connectivity index (χ1n) is 12.6. The van der Waals surface area contributed by atoms with Gasteiger partial charge in [0.1, 0.15) is 17.3 Å². The first-order chi connectivity index (χ1) is 18.4. The van der Waals surface area contributed by atoms with Crippen LogP contribution in [0.15, 0.2) is 34.9 Å². The van der Waals surface area contributed by atoms with Crippen molar-refractivity contribution in [1.29, 1.82) is 0 Å². The van der Waals surface area contributed by atoms with E-state index in [2.05, 4.69) is 20.4 Å². The third-order valence-corrected chi connectivity index (χ3v) is 9.56. The summed E-state index contributed by atoms with van der Waals surface area (Å²) in [5.74, 6) is -0.706. The molecule has 2 unspecified atom stereocenters. The second kappa shape index (κ2) is 9.19. The monoisotopic (exact) mass is 572 g/mol. The molecule has 11 heteroatoms. The van der Waals surface area contributed by atoms with E-state index in [1.165, 1.54) is 23.5 Å². The summed E-state index contributed by atoms with van der Waals surface area (Å²) in [6.45, 7) is 0.620. The van der Waals surface area contributed by atoms with Crippen molar-refractivity contribution < 1.29 is 18.8 Å². The first-order valence-corrected chi connectivity index (χ1v) is 14.2. The van der Waals surface area contributed by atoms with Gasteiger partial charge in [-0.05, 0) is 50.3 Å². The third kappa shape index (κ3) is 4.07. The lowest BCUT2D eigenvalue weighted by molar-refractivity contribution is 0.0692. The fourth-order valence-electron chi connectivity index (χ4n) is 5.89. The Morgan fingerprint density at radius 3 is 2.61 bits per heavy atom. The van der Waals surface area contributed by atoms with Gasteiger partial charge in [-0.3, -0.25) is 0 Å². The van der Waals surface area contributed by atoms with Gasteiger partial charge >= 0.3 is 5.97 Å². The van der Waals surface area contributed by atoms with Gasteiger partial charge in [-0.15, -0.1) is 0 Å². The maximum atomic E-state index is 14.2. The molecule has 2 aliphatic carbocycles. The highest BCUT2D eigenvalue weighted by Gasteiger charge is 2.46. The SMILES string of the molecule is O=C(O)c1cc2sc(N3C4CC(NCc5c(-c6c(Cl)cccc6Cl)noc5C5CC5)CC3C4)nc2cc1F. The van der Waals surface area contributed by atoms with Gasteiger partial charge in [-0.1, -0.05) is 45.8 Å². The number of thiazole rings is 1. The molecule has 2 saturated heterocycles. The van der Waals surface area contributed by atoms with E-state index in [-0.39, 0.29) is 5.56 Å². The van der Waals surface area contributed by atoms with Crippen molar-refractivity contribution in [2.24, 2.45) is 0 Å². The zero-order chi connectivity index (χ0) is 26.1. The molecular weight excluding hydrogens is 550 g/mol. The molecule has 0 amide bonds. The number of aromatic carboxylic acids is 1. The van der Waals surface area contributed by atoms with Crippen LogP contribution in [-0.4, -0.2) is 39.3 Å². The number of nitrogens with zero attached hydrogens (tertiary/aromatic N) is 3. The van der Waals surface area contributed by atoms with Crippen molar-refractivity contribution in [2.75, 3.05) is 4.90 Å². The standard InChI is InChI=1S/C27H23Cl2FN4O3S/c28-18-2-1-3-19(29)23(18)24-17(25(37-33-24)12-4-5-12)11-31-13-6-14-8-15(7-13)34(14)27-32-21-10-20(30)16(26(35)36)9-22(21)38-27/h1-3,9-10,12-15,31H,4-8,11H2,(H,35,36). The number of halogens is 3. The largest absolute Gasteiger partial charge is 0.478 e. The van der Waals surface area contributed by atoms with Gasteiger partial charge in [0.15, 0.2) is 5.13 Å². The number of piperidine rings is 1.